The first-order chi connectivity index (χ1) is 11.3. The normalized spacial score (nSPS) is 10.8. The first-order valence-corrected chi connectivity index (χ1v) is 7.19. The molecule has 1 N–H and O–H groups in total. The summed E-state index contributed by atoms with van der Waals surface area (Å²) in [6.07, 6.45) is 1.70. The van der Waals surface area contributed by atoms with Gasteiger partial charge in [-0.15, -0.1) is 10.2 Å². The van der Waals surface area contributed by atoms with Gasteiger partial charge in [0.1, 0.15) is 0 Å². The fourth-order valence-corrected chi connectivity index (χ4v) is 2.49. The summed E-state index contributed by atoms with van der Waals surface area (Å²) in [6.45, 7) is 0. The maximum atomic E-state index is 12.5. The number of amides is 1. The number of hydrogen-bond donors (Lipinski definition) is 1. The topological polar surface area (TPSA) is 67.8 Å². The van der Waals surface area contributed by atoms with Crippen molar-refractivity contribution in [1.82, 2.24) is 15.2 Å². The molecular weight excluding hydrogens is 288 g/mol. The smallest absolute Gasteiger partial charge is 0.276 e. The van der Waals surface area contributed by atoms with E-state index in [1.165, 1.54) is 0 Å². The average molecular weight is 300 g/mol. The largest absolute Gasteiger partial charge is 0.319 e. The van der Waals surface area contributed by atoms with Crippen LogP contribution in [0.3, 0.4) is 0 Å². The van der Waals surface area contributed by atoms with Gasteiger partial charge in [-0.1, -0.05) is 36.4 Å². The molecule has 0 saturated carbocycles. The van der Waals surface area contributed by atoms with Crippen molar-refractivity contribution < 1.29 is 4.79 Å². The number of carbonyl (C=O) groups is 1. The molecule has 0 atom stereocenters. The Labute approximate surface area is 132 Å². The average Bonchev–Trinajstić information content (AvgIpc) is 2.61. The molecule has 0 spiro atoms. The van der Waals surface area contributed by atoms with E-state index >= 15 is 0 Å². The van der Waals surface area contributed by atoms with E-state index in [4.69, 9.17) is 0 Å². The van der Waals surface area contributed by atoms with Crippen LogP contribution >= 0.6 is 0 Å². The Morgan fingerprint density at radius 2 is 1.70 bits per heavy atom. The van der Waals surface area contributed by atoms with Crippen molar-refractivity contribution in [2.24, 2.45) is 0 Å². The Kier molecular flexibility index (Phi) is 3.16. The van der Waals surface area contributed by atoms with Crippen LogP contribution in [0.2, 0.25) is 0 Å². The highest BCUT2D eigenvalue weighted by Gasteiger charge is 2.11. The lowest BCUT2D eigenvalue weighted by atomic mass is 10.2. The predicted molar refractivity (Wildman–Crippen MR) is 89.2 cm³/mol. The summed E-state index contributed by atoms with van der Waals surface area (Å²) < 4.78 is 0. The molecule has 5 heteroatoms. The van der Waals surface area contributed by atoms with Crippen molar-refractivity contribution >= 4 is 33.4 Å². The van der Waals surface area contributed by atoms with Crippen LogP contribution in [0.15, 0.2) is 66.9 Å². The van der Waals surface area contributed by atoms with Gasteiger partial charge in [0.25, 0.3) is 5.91 Å². The van der Waals surface area contributed by atoms with Gasteiger partial charge in [0.2, 0.25) is 0 Å². The molecule has 23 heavy (non-hydrogen) atoms. The summed E-state index contributed by atoms with van der Waals surface area (Å²) in [4.78, 5) is 16.8. The van der Waals surface area contributed by atoms with Crippen LogP contribution in [-0.4, -0.2) is 21.1 Å². The van der Waals surface area contributed by atoms with Crippen LogP contribution in [0.5, 0.6) is 0 Å². The molecular formula is C18H12N4O. The molecule has 5 nitrogen and oxygen atoms in total. The molecule has 0 radical (unpaired) electrons. The summed E-state index contributed by atoms with van der Waals surface area (Å²) >= 11 is 0. The Balaban J connectivity index is 1.70. The van der Waals surface area contributed by atoms with Gasteiger partial charge in [0.05, 0.1) is 16.7 Å². The van der Waals surface area contributed by atoms with Gasteiger partial charge >= 0.3 is 0 Å². The molecule has 0 unspecified atom stereocenters. The van der Waals surface area contributed by atoms with Crippen molar-refractivity contribution in [2.45, 2.75) is 0 Å². The van der Waals surface area contributed by atoms with Gasteiger partial charge in [0, 0.05) is 17.0 Å². The van der Waals surface area contributed by atoms with Gasteiger partial charge in [-0.25, -0.2) is 0 Å². The lowest BCUT2D eigenvalue weighted by molar-refractivity contribution is 0.102. The van der Waals surface area contributed by atoms with Gasteiger partial charge in [-0.05, 0) is 24.3 Å². The van der Waals surface area contributed by atoms with Crippen LogP contribution in [-0.2, 0) is 0 Å². The third-order valence-corrected chi connectivity index (χ3v) is 3.61. The van der Waals surface area contributed by atoms with E-state index in [9.17, 15) is 4.79 Å². The summed E-state index contributed by atoms with van der Waals surface area (Å²) in [7, 11) is 0. The van der Waals surface area contributed by atoms with Crippen molar-refractivity contribution in [3.63, 3.8) is 0 Å². The third-order valence-electron chi connectivity index (χ3n) is 3.61. The number of nitrogens with one attached hydrogen (secondary N) is 1. The Bertz CT molecular complexity index is 1020. The molecule has 2 aromatic carbocycles. The quantitative estimate of drug-likeness (QED) is 0.616. The van der Waals surface area contributed by atoms with Crippen LogP contribution in [0.4, 0.5) is 5.69 Å². The summed E-state index contributed by atoms with van der Waals surface area (Å²) in [6, 6.07) is 18.8. The van der Waals surface area contributed by atoms with Gasteiger partial charge < -0.3 is 5.32 Å². The molecule has 4 rings (SSSR count). The summed E-state index contributed by atoms with van der Waals surface area (Å²) in [5, 5.41) is 12.8. The minimum atomic E-state index is -0.304. The zero-order chi connectivity index (χ0) is 15.6. The molecule has 0 aliphatic carbocycles. The summed E-state index contributed by atoms with van der Waals surface area (Å²) in [5.41, 5.74) is 2.44. The number of nitrogens with zero attached hydrogens (tertiary/aromatic N) is 3. The lowest BCUT2D eigenvalue weighted by Gasteiger charge is -2.07. The number of rotatable bonds is 2. The maximum Gasteiger partial charge on any atom is 0.276 e. The van der Waals surface area contributed by atoms with E-state index in [1.54, 1.807) is 12.3 Å². The fraction of sp³-hybridized carbons (Fsp3) is 0. The van der Waals surface area contributed by atoms with Gasteiger partial charge in [-0.2, -0.15) is 0 Å². The van der Waals surface area contributed by atoms with Crippen LogP contribution in [0, 0.1) is 0 Å². The van der Waals surface area contributed by atoms with Crippen LogP contribution in [0.1, 0.15) is 10.5 Å². The van der Waals surface area contributed by atoms with Crippen molar-refractivity contribution in [2.75, 3.05) is 5.32 Å². The predicted octanol–water partition coefficient (Wildman–Crippen LogP) is 3.43. The highest BCUT2D eigenvalue weighted by Crippen LogP contribution is 2.21. The van der Waals surface area contributed by atoms with Crippen LogP contribution in [0.25, 0.3) is 21.8 Å². The minimum Gasteiger partial charge on any atom is -0.319 e. The van der Waals surface area contributed by atoms with Crippen molar-refractivity contribution in [3.8, 4) is 0 Å². The van der Waals surface area contributed by atoms with E-state index in [1.807, 2.05) is 54.6 Å². The Morgan fingerprint density at radius 3 is 2.65 bits per heavy atom. The second-order valence-electron chi connectivity index (χ2n) is 5.12. The third kappa shape index (κ3) is 2.48. The molecule has 1 amide bonds. The van der Waals surface area contributed by atoms with E-state index in [0.29, 0.717) is 5.69 Å². The van der Waals surface area contributed by atoms with Crippen molar-refractivity contribution in [3.05, 3.63) is 72.6 Å². The number of anilines is 1. The molecule has 0 bridgehead atoms. The number of aromatic nitrogens is 3. The maximum absolute atomic E-state index is 12.5. The molecule has 4 aromatic rings. The lowest BCUT2D eigenvalue weighted by Crippen LogP contribution is -2.14. The minimum absolute atomic E-state index is 0.275. The molecule has 2 aromatic heterocycles. The Morgan fingerprint density at radius 1 is 0.870 bits per heavy atom. The molecule has 0 saturated heterocycles. The second-order valence-corrected chi connectivity index (χ2v) is 5.12. The number of fused-ring (bicyclic) bond motifs is 2. The molecule has 110 valence electrons. The van der Waals surface area contributed by atoms with Gasteiger partial charge in [-0.3, -0.25) is 9.78 Å². The number of hydrogen-bond acceptors (Lipinski definition) is 4. The molecule has 0 aliphatic rings. The fourth-order valence-electron chi connectivity index (χ4n) is 2.49. The monoisotopic (exact) mass is 300 g/mol. The second kappa shape index (κ2) is 5.46. The molecule has 2 heterocycles. The molecule has 0 aliphatic heterocycles. The number of carbonyl (C=O) groups excluding carboxylic acids is 1. The van der Waals surface area contributed by atoms with Crippen molar-refractivity contribution in [1.29, 1.82) is 0 Å². The number of para-hydroxylation sites is 1. The Hall–Kier alpha value is -3.34. The van der Waals surface area contributed by atoms with E-state index in [-0.39, 0.29) is 11.6 Å². The zero-order valence-electron chi connectivity index (χ0n) is 12.1. The highest BCUT2D eigenvalue weighted by atomic mass is 16.1. The zero-order valence-corrected chi connectivity index (χ0v) is 12.1. The summed E-state index contributed by atoms with van der Waals surface area (Å²) in [5.74, 6) is -0.304. The highest BCUT2D eigenvalue weighted by molar-refractivity contribution is 6.08. The SMILES string of the molecule is O=C(Nc1cccc2cccnc12)c1cc2ccccc2nn1. The van der Waals surface area contributed by atoms with Gasteiger partial charge in [0.15, 0.2) is 5.69 Å². The first-order valence-electron chi connectivity index (χ1n) is 7.19. The van der Waals surface area contributed by atoms with E-state index in [2.05, 4.69) is 20.5 Å². The standard InChI is InChI=1S/C18H12N4O/c23-18(16-11-13-5-1-2-8-14(13)21-22-16)20-15-9-3-6-12-7-4-10-19-17(12)15/h1-11H,(H,20,23). The van der Waals surface area contributed by atoms with E-state index in [0.717, 1.165) is 21.8 Å². The molecule has 0 fully saturated rings. The first kappa shape index (κ1) is 13.3. The van der Waals surface area contributed by atoms with Crippen LogP contribution < -0.4 is 5.32 Å². The number of benzene rings is 2. The van der Waals surface area contributed by atoms with E-state index < -0.39 is 0 Å². The number of pyridine rings is 1.